The highest BCUT2D eigenvalue weighted by molar-refractivity contribution is 5.77. The van der Waals surface area contributed by atoms with Crippen LogP contribution in [-0.4, -0.2) is 11.4 Å². The molecule has 0 aliphatic heterocycles. The zero-order chi connectivity index (χ0) is 20.2. The SMILES string of the molecule is O=Cc1ccccc1C(F)(F)F.OC(c1ccccc1C(F)(F)F)C1CC1. The van der Waals surface area contributed by atoms with Gasteiger partial charge in [0, 0.05) is 5.56 Å². The molecular formula is C19H16F6O2. The highest BCUT2D eigenvalue weighted by atomic mass is 19.4. The third kappa shape index (κ3) is 5.56. The molecule has 0 spiro atoms. The minimum Gasteiger partial charge on any atom is -0.388 e. The zero-order valence-electron chi connectivity index (χ0n) is 13.9. The quantitative estimate of drug-likeness (QED) is 0.542. The van der Waals surface area contributed by atoms with Crippen LogP contribution in [0.5, 0.6) is 0 Å². The Morgan fingerprint density at radius 1 is 0.852 bits per heavy atom. The van der Waals surface area contributed by atoms with Crippen LogP contribution in [0.2, 0.25) is 0 Å². The lowest BCUT2D eigenvalue weighted by Crippen LogP contribution is -2.12. The zero-order valence-corrected chi connectivity index (χ0v) is 13.9. The van der Waals surface area contributed by atoms with Crippen molar-refractivity contribution in [2.45, 2.75) is 31.3 Å². The van der Waals surface area contributed by atoms with Gasteiger partial charge in [0.1, 0.15) is 0 Å². The summed E-state index contributed by atoms with van der Waals surface area (Å²) in [4.78, 5) is 10.2. The van der Waals surface area contributed by atoms with E-state index in [0.29, 0.717) is 0 Å². The summed E-state index contributed by atoms with van der Waals surface area (Å²) in [6, 6.07) is 9.88. The predicted octanol–water partition coefficient (Wildman–Crippen LogP) is 5.67. The molecule has 2 aromatic carbocycles. The van der Waals surface area contributed by atoms with E-state index in [0.717, 1.165) is 31.0 Å². The van der Waals surface area contributed by atoms with Crippen LogP contribution in [0.3, 0.4) is 0 Å². The molecule has 3 rings (SSSR count). The second kappa shape index (κ2) is 8.12. The van der Waals surface area contributed by atoms with Crippen molar-refractivity contribution < 1.29 is 36.2 Å². The summed E-state index contributed by atoms with van der Waals surface area (Å²) in [6.45, 7) is 0. The highest BCUT2D eigenvalue weighted by Crippen LogP contribution is 2.44. The smallest absolute Gasteiger partial charge is 0.388 e. The van der Waals surface area contributed by atoms with E-state index >= 15 is 0 Å². The largest absolute Gasteiger partial charge is 0.417 e. The van der Waals surface area contributed by atoms with E-state index in [1.807, 2.05) is 0 Å². The summed E-state index contributed by atoms with van der Waals surface area (Å²) in [5, 5.41) is 9.70. The summed E-state index contributed by atoms with van der Waals surface area (Å²) in [6.07, 6.45) is -7.98. The van der Waals surface area contributed by atoms with Gasteiger partial charge in [-0.3, -0.25) is 4.79 Å². The van der Waals surface area contributed by atoms with Gasteiger partial charge < -0.3 is 5.11 Å². The Bertz CT molecular complexity index is 778. The molecule has 146 valence electrons. The van der Waals surface area contributed by atoms with Gasteiger partial charge in [-0.05, 0) is 36.5 Å². The Labute approximate surface area is 151 Å². The fourth-order valence-electron chi connectivity index (χ4n) is 2.54. The predicted molar refractivity (Wildman–Crippen MR) is 86.0 cm³/mol. The third-order valence-corrected chi connectivity index (χ3v) is 4.05. The number of rotatable bonds is 3. The first kappa shape index (κ1) is 21.0. The lowest BCUT2D eigenvalue weighted by molar-refractivity contribution is -0.139. The molecule has 0 saturated heterocycles. The molecule has 1 aliphatic carbocycles. The summed E-state index contributed by atoms with van der Waals surface area (Å²) in [5.74, 6) is 0.00787. The molecule has 27 heavy (non-hydrogen) atoms. The number of hydrogen-bond acceptors (Lipinski definition) is 2. The van der Waals surface area contributed by atoms with Gasteiger partial charge in [0.2, 0.25) is 0 Å². The van der Waals surface area contributed by atoms with Crippen LogP contribution in [0.15, 0.2) is 48.5 Å². The van der Waals surface area contributed by atoms with E-state index in [1.165, 1.54) is 30.3 Å². The van der Waals surface area contributed by atoms with E-state index in [4.69, 9.17) is 0 Å². The van der Waals surface area contributed by atoms with Crippen molar-refractivity contribution in [1.82, 2.24) is 0 Å². The first-order chi connectivity index (χ1) is 12.6. The van der Waals surface area contributed by atoms with Crippen molar-refractivity contribution in [3.05, 3.63) is 70.8 Å². The summed E-state index contributed by atoms with van der Waals surface area (Å²) in [7, 11) is 0. The number of aliphatic hydroxyl groups excluding tert-OH is 1. The number of aliphatic hydroxyl groups is 1. The molecule has 2 nitrogen and oxygen atoms in total. The molecule has 1 saturated carbocycles. The van der Waals surface area contributed by atoms with Gasteiger partial charge >= 0.3 is 12.4 Å². The minimum atomic E-state index is -4.45. The van der Waals surface area contributed by atoms with E-state index in [2.05, 4.69) is 0 Å². The maximum atomic E-state index is 12.6. The van der Waals surface area contributed by atoms with Crippen molar-refractivity contribution in [2.75, 3.05) is 0 Å². The number of aldehydes is 1. The van der Waals surface area contributed by atoms with Gasteiger partial charge in [0.15, 0.2) is 6.29 Å². The Hall–Kier alpha value is -2.35. The number of halogens is 6. The minimum absolute atomic E-state index is 0.00694. The van der Waals surface area contributed by atoms with Crippen LogP contribution in [0.4, 0.5) is 26.3 Å². The van der Waals surface area contributed by atoms with E-state index in [-0.39, 0.29) is 23.3 Å². The summed E-state index contributed by atoms with van der Waals surface area (Å²) >= 11 is 0. The molecule has 2 aromatic rings. The standard InChI is InChI=1S/C11H11F3O.C8H5F3O/c12-11(13,14)9-4-2-1-3-8(9)10(15)7-5-6-7;9-8(10,11)7-4-2-1-3-6(7)5-12/h1-4,7,10,15H,5-6H2;1-5H. The fourth-order valence-corrected chi connectivity index (χ4v) is 2.54. The van der Waals surface area contributed by atoms with Crippen molar-refractivity contribution in [2.24, 2.45) is 5.92 Å². The highest BCUT2D eigenvalue weighted by Gasteiger charge is 2.39. The molecule has 1 aliphatic rings. The first-order valence-electron chi connectivity index (χ1n) is 8.01. The topological polar surface area (TPSA) is 37.3 Å². The Kier molecular flexibility index (Phi) is 6.30. The maximum absolute atomic E-state index is 12.6. The second-order valence-electron chi connectivity index (χ2n) is 6.07. The molecule has 1 unspecified atom stereocenters. The monoisotopic (exact) mass is 390 g/mol. The van der Waals surface area contributed by atoms with Crippen LogP contribution < -0.4 is 0 Å². The van der Waals surface area contributed by atoms with Gasteiger partial charge in [0.25, 0.3) is 0 Å². The molecule has 8 heteroatoms. The van der Waals surface area contributed by atoms with Gasteiger partial charge in [-0.2, -0.15) is 26.3 Å². The molecule has 0 heterocycles. The van der Waals surface area contributed by atoms with E-state index in [9.17, 15) is 36.2 Å². The normalized spacial score (nSPS) is 15.5. The molecule has 0 bridgehead atoms. The molecule has 0 aromatic heterocycles. The van der Waals surface area contributed by atoms with E-state index in [1.54, 1.807) is 0 Å². The molecule has 0 radical (unpaired) electrons. The molecular weight excluding hydrogens is 374 g/mol. The Morgan fingerprint density at radius 2 is 1.33 bits per heavy atom. The Balaban J connectivity index is 0.000000199. The average molecular weight is 390 g/mol. The molecule has 1 N–H and O–H groups in total. The molecule has 1 atom stereocenters. The Morgan fingerprint density at radius 3 is 1.78 bits per heavy atom. The van der Waals surface area contributed by atoms with Crippen LogP contribution in [0.25, 0.3) is 0 Å². The first-order valence-corrected chi connectivity index (χ1v) is 8.01. The van der Waals surface area contributed by atoms with Gasteiger partial charge in [-0.15, -0.1) is 0 Å². The van der Waals surface area contributed by atoms with Gasteiger partial charge in [-0.1, -0.05) is 36.4 Å². The summed E-state index contributed by atoms with van der Waals surface area (Å²) in [5.41, 5.74) is -1.93. The van der Waals surface area contributed by atoms with Crippen LogP contribution in [0.1, 0.15) is 46.0 Å². The van der Waals surface area contributed by atoms with Crippen LogP contribution >= 0.6 is 0 Å². The third-order valence-electron chi connectivity index (χ3n) is 4.05. The maximum Gasteiger partial charge on any atom is 0.417 e. The van der Waals surface area contributed by atoms with Crippen molar-refractivity contribution >= 4 is 6.29 Å². The number of carbonyl (C=O) groups is 1. The number of hydrogen-bond donors (Lipinski definition) is 1. The molecule has 0 amide bonds. The van der Waals surface area contributed by atoms with Gasteiger partial charge in [-0.25, -0.2) is 0 Å². The van der Waals surface area contributed by atoms with Crippen LogP contribution in [0, 0.1) is 5.92 Å². The fraction of sp³-hybridized carbons (Fsp3) is 0.316. The lowest BCUT2D eigenvalue weighted by Gasteiger charge is -2.16. The number of alkyl halides is 6. The van der Waals surface area contributed by atoms with Crippen LogP contribution in [-0.2, 0) is 12.4 Å². The second-order valence-corrected chi connectivity index (χ2v) is 6.07. The van der Waals surface area contributed by atoms with Gasteiger partial charge in [0.05, 0.1) is 17.2 Å². The number of carbonyl (C=O) groups excluding carboxylic acids is 1. The van der Waals surface area contributed by atoms with E-state index < -0.39 is 29.6 Å². The van der Waals surface area contributed by atoms with Crippen molar-refractivity contribution in [3.8, 4) is 0 Å². The van der Waals surface area contributed by atoms with Crippen molar-refractivity contribution in [3.63, 3.8) is 0 Å². The lowest BCUT2D eigenvalue weighted by atomic mass is 9.99. The average Bonchev–Trinajstić information content (AvgIpc) is 3.45. The van der Waals surface area contributed by atoms with Crippen molar-refractivity contribution in [1.29, 1.82) is 0 Å². The number of benzene rings is 2. The summed E-state index contributed by atoms with van der Waals surface area (Å²) < 4.78 is 74.0. The molecule has 1 fully saturated rings.